The summed E-state index contributed by atoms with van der Waals surface area (Å²) in [7, 11) is 0. The van der Waals surface area contributed by atoms with Crippen molar-refractivity contribution in [1.82, 2.24) is 10.3 Å². The summed E-state index contributed by atoms with van der Waals surface area (Å²) in [6.07, 6.45) is -0.627. The Morgan fingerprint density at radius 3 is 2.57 bits per heavy atom. The van der Waals surface area contributed by atoms with Gasteiger partial charge in [0.1, 0.15) is 11.5 Å². The first-order valence-electron chi connectivity index (χ1n) is 9.47. The molecule has 0 spiro atoms. The van der Waals surface area contributed by atoms with Crippen LogP contribution in [0.1, 0.15) is 46.5 Å². The van der Waals surface area contributed by atoms with E-state index in [0.717, 1.165) is 21.9 Å². The number of aryl methyl sites for hydroxylation is 3. The first-order chi connectivity index (χ1) is 14.4. The van der Waals surface area contributed by atoms with Crippen LogP contribution in [-0.4, -0.2) is 28.3 Å². The van der Waals surface area contributed by atoms with Crippen molar-refractivity contribution < 1.29 is 23.4 Å². The number of nitrogens with zero attached hydrogens (tertiary/aromatic N) is 2. The van der Waals surface area contributed by atoms with E-state index in [-0.39, 0.29) is 5.82 Å². The first-order valence-corrected chi connectivity index (χ1v) is 10.5. The molecule has 1 unspecified atom stereocenters. The zero-order valence-corrected chi connectivity index (χ0v) is 18.0. The SMILES string of the molecule is CCC(OC(=O)c1ccccc1SCc1c(C)noc1C)C(=O)Nc1cc(C)on1. The van der Waals surface area contributed by atoms with Crippen molar-refractivity contribution in [2.45, 2.75) is 50.9 Å². The zero-order valence-electron chi connectivity index (χ0n) is 17.2. The fourth-order valence-electron chi connectivity index (χ4n) is 2.77. The Kier molecular flexibility index (Phi) is 6.94. The molecule has 0 fully saturated rings. The number of amides is 1. The Balaban J connectivity index is 1.68. The number of carbonyl (C=O) groups is 2. The predicted molar refractivity (Wildman–Crippen MR) is 111 cm³/mol. The molecule has 1 amide bonds. The second kappa shape index (κ2) is 9.62. The van der Waals surface area contributed by atoms with Gasteiger partial charge in [-0.2, -0.15) is 0 Å². The number of esters is 1. The monoisotopic (exact) mass is 429 g/mol. The summed E-state index contributed by atoms with van der Waals surface area (Å²) in [4.78, 5) is 26.0. The molecule has 0 aliphatic carbocycles. The summed E-state index contributed by atoms with van der Waals surface area (Å²) < 4.78 is 15.6. The van der Waals surface area contributed by atoms with Crippen molar-refractivity contribution in [3.05, 3.63) is 58.7 Å². The molecular formula is C21H23N3O5S. The maximum absolute atomic E-state index is 12.8. The van der Waals surface area contributed by atoms with E-state index >= 15 is 0 Å². The average Bonchev–Trinajstić information content (AvgIpc) is 3.28. The number of thioether (sulfide) groups is 1. The Bertz CT molecular complexity index is 1020. The molecule has 0 bridgehead atoms. The van der Waals surface area contributed by atoms with Crippen LogP contribution in [0, 0.1) is 20.8 Å². The van der Waals surface area contributed by atoms with Gasteiger partial charge in [0.05, 0.1) is 11.3 Å². The van der Waals surface area contributed by atoms with Crippen LogP contribution in [0.15, 0.2) is 44.3 Å². The highest BCUT2D eigenvalue weighted by molar-refractivity contribution is 7.98. The number of hydrogen-bond acceptors (Lipinski definition) is 8. The molecule has 9 heteroatoms. The van der Waals surface area contributed by atoms with Crippen LogP contribution in [0.4, 0.5) is 5.82 Å². The van der Waals surface area contributed by atoms with Gasteiger partial charge < -0.3 is 19.1 Å². The molecule has 3 aromatic rings. The van der Waals surface area contributed by atoms with E-state index in [1.165, 1.54) is 11.8 Å². The van der Waals surface area contributed by atoms with E-state index in [4.69, 9.17) is 13.8 Å². The normalized spacial score (nSPS) is 11.9. The van der Waals surface area contributed by atoms with E-state index in [9.17, 15) is 9.59 Å². The minimum absolute atomic E-state index is 0.280. The third kappa shape index (κ3) is 5.10. The van der Waals surface area contributed by atoms with Crippen LogP contribution < -0.4 is 5.32 Å². The molecule has 0 aliphatic rings. The van der Waals surface area contributed by atoms with Crippen LogP contribution >= 0.6 is 11.8 Å². The molecule has 0 saturated heterocycles. The van der Waals surface area contributed by atoms with Gasteiger partial charge in [0.15, 0.2) is 11.9 Å². The van der Waals surface area contributed by atoms with Crippen LogP contribution in [0.2, 0.25) is 0 Å². The molecule has 1 N–H and O–H groups in total. The average molecular weight is 429 g/mol. The topological polar surface area (TPSA) is 107 Å². The second-order valence-electron chi connectivity index (χ2n) is 6.70. The smallest absolute Gasteiger partial charge is 0.340 e. The van der Waals surface area contributed by atoms with E-state index in [1.807, 2.05) is 26.0 Å². The Labute approximate surface area is 178 Å². The summed E-state index contributed by atoms with van der Waals surface area (Å²) in [5, 5.41) is 10.3. The molecule has 30 heavy (non-hydrogen) atoms. The predicted octanol–water partition coefficient (Wildman–Crippen LogP) is 4.45. The van der Waals surface area contributed by atoms with Crippen LogP contribution in [0.3, 0.4) is 0 Å². The summed E-state index contributed by atoms with van der Waals surface area (Å²) in [5.74, 6) is 1.19. The lowest BCUT2D eigenvalue weighted by atomic mass is 10.2. The highest BCUT2D eigenvalue weighted by Crippen LogP contribution is 2.29. The Hall–Kier alpha value is -3.07. The summed E-state index contributed by atoms with van der Waals surface area (Å²) in [5.41, 5.74) is 2.22. The third-order valence-corrected chi connectivity index (χ3v) is 5.55. The van der Waals surface area contributed by atoms with Crippen molar-refractivity contribution in [2.75, 3.05) is 5.32 Å². The molecule has 1 atom stereocenters. The van der Waals surface area contributed by atoms with Crippen LogP contribution in [0.25, 0.3) is 0 Å². The van der Waals surface area contributed by atoms with Gasteiger partial charge in [0, 0.05) is 22.3 Å². The maximum atomic E-state index is 12.8. The number of nitrogens with one attached hydrogen (secondary N) is 1. The van der Waals surface area contributed by atoms with Crippen molar-refractivity contribution in [3.63, 3.8) is 0 Å². The lowest BCUT2D eigenvalue weighted by Crippen LogP contribution is -2.32. The van der Waals surface area contributed by atoms with Crippen LogP contribution in [0.5, 0.6) is 0 Å². The Morgan fingerprint density at radius 1 is 1.17 bits per heavy atom. The zero-order chi connectivity index (χ0) is 21.7. The number of carbonyl (C=O) groups excluding carboxylic acids is 2. The van der Waals surface area contributed by atoms with Gasteiger partial charge >= 0.3 is 5.97 Å². The highest BCUT2D eigenvalue weighted by atomic mass is 32.2. The molecule has 8 nitrogen and oxygen atoms in total. The van der Waals surface area contributed by atoms with E-state index in [0.29, 0.717) is 23.5 Å². The van der Waals surface area contributed by atoms with Gasteiger partial charge in [-0.05, 0) is 39.3 Å². The fraction of sp³-hybridized carbons (Fsp3) is 0.333. The van der Waals surface area contributed by atoms with Gasteiger partial charge in [-0.3, -0.25) is 4.79 Å². The molecule has 0 aliphatic heterocycles. The standard InChI is InChI=1S/C21H23N3O5S/c1-5-17(20(25)22-19-10-12(2)28-24-19)27-21(26)15-8-6-7-9-18(15)30-11-16-13(3)23-29-14(16)4/h6-10,17H,5,11H2,1-4H3,(H,22,24,25). The minimum atomic E-state index is -0.949. The van der Waals surface area contributed by atoms with Gasteiger partial charge in [-0.1, -0.05) is 29.4 Å². The van der Waals surface area contributed by atoms with Gasteiger partial charge in [0.2, 0.25) is 0 Å². The van der Waals surface area contributed by atoms with Gasteiger partial charge in [0.25, 0.3) is 5.91 Å². The molecule has 0 saturated carbocycles. The third-order valence-electron chi connectivity index (χ3n) is 4.45. The lowest BCUT2D eigenvalue weighted by molar-refractivity contribution is -0.124. The maximum Gasteiger partial charge on any atom is 0.340 e. The fourth-order valence-corrected chi connectivity index (χ4v) is 3.96. The quantitative estimate of drug-likeness (QED) is 0.413. The summed E-state index contributed by atoms with van der Waals surface area (Å²) in [6.45, 7) is 7.23. The van der Waals surface area contributed by atoms with Crippen LogP contribution in [-0.2, 0) is 15.3 Å². The number of hydrogen-bond donors (Lipinski definition) is 1. The van der Waals surface area contributed by atoms with Gasteiger partial charge in [-0.15, -0.1) is 11.8 Å². The minimum Gasteiger partial charge on any atom is -0.449 e. The Morgan fingerprint density at radius 2 is 1.93 bits per heavy atom. The molecule has 0 radical (unpaired) electrons. The molecule has 2 aromatic heterocycles. The largest absolute Gasteiger partial charge is 0.449 e. The number of anilines is 1. The number of rotatable bonds is 8. The lowest BCUT2D eigenvalue weighted by Gasteiger charge is -2.16. The van der Waals surface area contributed by atoms with Gasteiger partial charge in [-0.25, -0.2) is 4.79 Å². The first kappa shape index (κ1) is 21.6. The number of benzene rings is 1. The van der Waals surface area contributed by atoms with E-state index in [2.05, 4.69) is 15.6 Å². The molecule has 1 aromatic carbocycles. The summed E-state index contributed by atoms with van der Waals surface area (Å²) >= 11 is 1.49. The van der Waals surface area contributed by atoms with E-state index in [1.54, 1.807) is 32.0 Å². The molecular weight excluding hydrogens is 406 g/mol. The molecule has 158 valence electrons. The van der Waals surface area contributed by atoms with Crippen molar-refractivity contribution in [2.24, 2.45) is 0 Å². The number of aromatic nitrogens is 2. The molecule has 2 heterocycles. The summed E-state index contributed by atoms with van der Waals surface area (Å²) in [6, 6.07) is 8.73. The van der Waals surface area contributed by atoms with E-state index < -0.39 is 18.0 Å². The van der Waals surface area contributed by atoms with Crippen molar-refractivity contribution >= 4 is 29.5 Å². The van der Waals surface area contributed by atoms with Crippen molar-refractivity contribution in [1.29, 1.82) is 0 Å². The molecule has 3 rings (SSSR count). The second-order valence-corrected chi connectivity index (χ2v) is 7.72. The van der Waals surface area contributed by atoms with Crippen molar-refractivity contribution in [3.8, 4) is 0 Å². The number of ether oxygens (including phenoxy) is 1. The highest BCUT2D eigenvalue weighted by Gasteiger charge is 2.24.